The Bertz CT molecular complexity index is 590. The van der Waals surface area contributed by atoms with Gasteiger partial charge in [-0.05, 0) is 47.1 Å². The number of hydrogen-bond acceptors (Lipinski definition) is 4. The molecule has 0 aliphatic heterocycles. The molecule has 0 saturated carbocycles. The Morgan fingerprint density at radius 1 is 1.32 bits per heavy atom. The van der Waals surface area contributed by atoms with Crippen molar-refractivity contribution in [2.24, 2.45) is 0 Å². The van der Waals surface area contributed by atoms with Crippen LogP contribution in [0.15, 0.2) is 41.3 Å². The fourth-order valence-electron chi connectivity index (χ4n) is 1.48. The van der Waals surface area contributed by atoms with Crippen LogP contribution in [-0.2, 0) is 0 Å². The van der Waals surface area contributed by atoms with Crippen molar-refractivity contribution in [3.8, 4) is 5.88 Å². The Labute approximate surface area is 119 Å². The molecule has 1 amide bonds. The minimum absolute atomic E-state index is 0.270. The summed E-state index contributed by atoms with van der Waals surface area (Å²) in [4.78, 5) is 20.2. The van der Waals surface area contributed by atoms with E-state index in [1.165, 1.54) is 0 Å². The van der Waals surface area contributed by atoms with Crippen LogP contribution in [0.4, 0.5) is 5.69 Å². The zero-order chi connectivity index (χ0) is 13.7. The van der Waals surface area contributed by atoms with Gasteiger partial charge < -0.3 is 10.1 Å². The quantitative estimate of drug-likeness (QED) is 0.879. The van der Waals surface area contributed by atoms with Crippen molar-refractivity contribution >= 4 is 27.5 Å². The highest BCUT2D eigenvalue weighted by molar-refractivity contribution is 9.10. The van der Waals surface area contributed by atoms with Gasteiger partial charge in [-0.3, -0.25) is 4.79 Å². The molecule has 98 valence electrons. The Morgan fingerprint density at radius 3 is 2.79 bits per heavy atom. The van der Waals surface area contributed by atoms with E-state index in [0.29, 0.717) is 28.3 Å². The monoisotopic (exact) mass is 321 g/mol. The summed E-state index contributed by atoms with van der Waals surface area (Å²) in [6.07, 6.45) is 3.22. The van der Waals surface area contributed by atoms with Crippen LogP contribution in [-0.4, -0.2) is 22.5 Å². The minimum Gasteiger partial charge on any atom is -0.476 e. The van der Waals surface area contributed by atoms with Gasteiger partial charge >= 0.3 is 0 Å². The highest BCUT2D eigenvalue weighted by atomic mass is 79.9. The Balaban J connectivity index is 2.22. The van der Waals surface area contributed by atoms with Gasteiger partial charge in [-0.25, -0.2) is 9.97 Å². The summed E-state index contributed by atoms with van der Waals surface area (Å²) < 4.78 is 5.85. The number of carbonyl (C=O) groups excluding carboxylic acids is 1. The Kier molecular flexibility index (Phi) is 4.46. The summed E-state index contributed by atoms with van der Waals surface area (Å²) in [5.41, 5.74) is 0.985. The molecule has 0 fully saturated rings. The van der Waals surface area contributed by atoms with Crippen molar-refractivity contribution in [2.45, 2.75) is 6.92 Å². The van der Waals surface area contributed by atoms with Crippen molar-refractivity contribution in [1.29, 1.82) is 0 Å². The van der Waals surface area contributed by atoms with Crippen molar-refractivity contribution in [3.63, 3.8) is 0 Å². The fourth-order valence-corrected chi connectivity index (χ4v) is 1.91. The third-order valence-corrected chi connectivity index (χ3v) is 2.94. The number of aromatic nitrogens is 2. The van der Waals surface area contributed by atoms with Crippen molar-refractivity contribution in [1.82, 2.24) is 9.97 Å². The smallest absolute Gasteiger partial charge is 0.258 e. The number of anilines is 1. The predicted molar refractivity (Wildman–Crippen MR) is 75.3 cm³/mol. The molecular weight excluding hydrogens is 310 g/mol. The maximum Gasteiger partial charge on any atom is 0.258 e. The van der Waals surface area contributed by atoms with Gasteiger partial charge in [0.1, 0.15) is 10.3 Å². The lowest BCUT2D eigenvalue weighted by atomic mass is 10.2. The molecule has 0 spiro atoms. The van der Waals surface area contributed by atoms with E-state index in [1.54, 1.807) is 36.7 Å². The number of pyridine rings is 2. The maximum atomic E-state index is 12.1. The van der Waals surface area contributed by atoms with Crippen LogP contribution in [0.2, 0.25) is 0 Å². The van der Waals surface area contributed by atoms with Crippen molar-refractivity contribution < 1.29 is 9.53 Å². The molecule has 0 radical (unpaired) electrons. The number of amides is 1. The average molecular weight is 322 g/mol. The van der Waals surface area contributed by atoms with E-state index in [9.17, 15) is 4.79 Å². The van der Waals surface area contributed by atoms with E-state index in [-0.39, 0.29) is 5.91 Å². The molecule has 1 N–H and O–H groups in total. The molecule has 0 aliphatic rings. The second kappa shape index (κ2) is 6.29. The van der Waals surface area contributed by atoms with E-state index >= 15 is 0 Å². The summed E-state index contributed by atoms with van der Waals surface area (Å²) in [6, 6.07) is 6.85. The zero-order valence-electron chi connectivity index (χ0n) is 10.3. The molecule has 0 saturated heterocycles. The lowest BCUT2D eigenvalue weighted by Crippen LogP contribution is -2.14. The molecule has 5 nitrogen and oxygen atoms in total. The van der Waals surface area contributed by atoms with Crippen LogP contribution < -0.4 is 10.1 Å². The van der Waals surface area contributed by atoms with Gasteiger partial charge in [0.2, 0.25) is 5.88 Å². The number of carbonyl (C=O) groups is 1. The van der Waals surface area contributed by atoms with Gasteiger partial charge in [0.15, 0.2) is 0 Å². The maximum absolute atomic E-state index is 12.1. The van der Waals surface area contributed by atoms with E-state index < -0.39 is 0 Å². The van der Waals surface area contributed by atoms with Gasteiger partial charge in [0.05, 0.1) is 12.2 Å². The van der Waals surface area contributed by atoms with Gasteiger partial charge in [0, 0.05) is 12.4 Å². The summed E-state index contributed by atoms with van der Waals surface area (Å²) in [5, 5.41) is 2.76. The van der Waals surface area contributed by atoms with E-state index in [2.05, 4.69) is 31.2 Å². The molecule has 2 aromatic heterocycles. The molecule has 0 bridgehead atoms. The number of rotatable bonds is 4. The molecule has 6 heteroatoms. The molecule has 2 aromatic rings. The van der Waals surface area contributed by atoms with Crippen molar-refractivity contribution in [2.75, 3.05) is 11.9 Å². The normalized spacial score (nSPS) is 10.0. The van der Waals surface area contributed by atoms with E-state index in [4.69, 9.17) is 4.74 Å². The van der Waals surface area contributed by atoms with Crippen LogP contribution in [0.1, 0.15) is 17.3 Å². The van der Waals surface area contributed by atoms with Crippen LogP contribution in [0.3, 0.4) is 0 Å². The van der Waals surface area contributed by atoms with Crippen LogP contribution in [0, 0.1) is 0 Å². The van der Waals surface area contributed by atoms with Gasteiger partial charge in [-0.2, -0.15) is 0 Å². The number of nitrogens with one attached hydrogen (secondary N) is 1. The van der Waals surface area contributed by atoms with Crippen LogP contribution >= 0.6 is 15.9 Å². The summed E-state index contributed by atoms with van der Waals surface area (Å²) in [7, 11) is 0. The molecule has 2 heterocycles. The molecule has 0 unspecified atom stereocenters. The lowest BCUT2D eigenvalue weighted by molar-refractivity contribution is 0.102. The van der Waals surface area contributed by atoms with E-state index in [1.807, 2.05) is 6.92 Å². The second-order valence-corrected chi connectivity index (χ2v) is 4.34. The standard InChI is InChI=1S/C13H12BrN3O2/c1-2-19-13-10(6-4-8-16-13)17-12(18)9-5-3-7-15-11(9)14/h3-8H,2H2,1H3,(H,17,18). The molecule has 19 heavy (non-hydrogen) atoms. The molecule has 2 rings (SSSR count). The molecule has 0 atom stereocenters. The summed E-state index contributed by atoms with van der Waals surface area (Å²) in [5.74, 6) is 0.132. The molecular formula is C13H12BrN3O2. The first-order valence-corrected chi connectivity index (χ1v) is 6.51. The number of nitrogens with zero attached hydrogens (tertiary/aromatic N) is 2. The second-order valence-electron chi connectivity index (χ2n) is 3.59. The fraction of sp³-hybridized carbons (Fsp3) is 0.154. The largest absolute Gasteiger partial charge is 0.476 e. The van der Waals surface area contributed by atoms with Crippen LogP contribution in [0.5, 0.6) is 5.88 Å². The number of ether oxygens (including phenoxy) is 1. The van der Waals surface area contributed by atoms with Gasteiger partial charge in [-0.1, -0.05) is 0 Å². The summed E-state index contributed by atoms with van der Waals surface area (Å²) >= 11 is 3.24. The average Bonchev–Trinajstić information content (AvgIpc) is 2.41. The predicted octanol–water partition coefficient (Wildman–Crippen LogP) is 2.89. The molecule has 0 aliphatic carbocycles. The first-order chi connectivity index (χ1) is 9.22. The van der Waals surface area contributed by atoms with Gasteiger partial charge in [-0.15, -0.1) is 0 Å². The Morgan fingerprint density at radius 2 is 2.05 bits per heavy atom. The van der Waals surface area contributed by atoms with Crippen LogP contribution in [0.25, 0.3) is 0 Å². The SMILES string of the molecule is CCOc1ncccc1NC(=O)c1cccnc1Br. The highest BCUT2D eigenvalue weighted by Gasteiger charge is 2.13. The first kappa shape index (κ1) is 13.5. The summed E-state index contributed by atoms with van der Waals surface area (Å²) in [6.45, 7) is 2.34. The third-order valence-electron chi connectivity index (χ3n) is 2.30. The first-order valence-electron chi connectivity index (χ1n) is 5.72. The zero-order valence-corrected chi connectivity index (χ0v) is 11.8. The Hall–Kier alpha value is -1.95. The van der Waals surface area contributed by atoms with Crippen molar-refractivity contribution in [3.05, 3.63) is 46.8 Å². The van der Waals surface area contributed by atoms with E-state index in [0.717, 1.165) is 0 Å². The minimum atomic E-state index is -0.270. The molecule has 0 aromatic carbocycles. The third kappa shape index (κ3) is 3.29. The van der Waals surface area contributed by atoms with Gasteiger partial charge in [0.25, 0.3) is 5.91 Å². The topological polar surface area (TPSA) is 64.1 Å². The number of hydrogen-bond donors (Lipinski definition) is 1. The lowest BCUT2D eigenvalue weighted by Gasteiger charge is -2.10. The highest BCUT2D eigenvalue weighted by Crippen LogP contribution is 2.22. The number of halogens is 1.